The molecule has 0 atom stereocenters. The Kier molecular flexibility index (Phi) is 2.49. The molecule has 60 valence electrons. The second kappa shape index (κ2) is 3.39. The second-order valence-electron chi connectivity index (χ2n) is 2.55. The number of anilines is 1. The number of rotatable bonds is 2. The number of para-hydroxylation sites is 1. The van der Waals surface area contributed by atoms with Crippen LogP contribution in [0.3, 0.4) is 0 Å². The average Bonchev–Trinajstić information content (AvgIpc) is 2.05. The fourth-order valence-electron chi connectivity index (χ4n) is 1.15. The predicted octanol–water partition coefficient (Wildman–Crippen LogP) is 1.29. The van der Waals surface area contributed by atoms with Gasteiger partial charge in [0.05, 0.1) is 0 Å². The molecule has 0 aliphatic carbocycles. The normalized spacial score (nSPS) is 10.0. The van der Waals surface area contributed by atoms with E-state index in [1.807, 2.05) is 18.2 Å². The van der Waals surface area contributed by atoms with E-state index in [1.54, 1.807) is 0 Å². The van der Waals surface area contributed by atoms with Gasteiger partial charge in [0.2, 0.25) is 0 Å². The SMILES string of the molecule is CCc1cccc(CN)c1N. The summed E-state index contributed by atoms with van der Waals surface area (Å²) in [5.74, 6) is 0. The highest BCUT2D eigenvalue weighted by Gasteiger charge is 1.99. The molecule has 2 nitrogen and oxygen atoms in total. The Hall–Kier alpha value is -1.02. The number of benzene rings is 1. The molecule has 0 unspecified atom stereocenters. The van der Waals surface area contributed by atoms with Gasteiger partial charge in [0.15, 0.2) is 0 Å². The van der Waals surface area contributed by atoms with Gasteiger partial charge in [0.1, 0.15) is 0 Å². The summed E-state index contributed by atoms with van der Waals surface area (Å²) in [6.45, 7) is 2.62. The molecule has 1 aromatic carbocycles. The van der Waals surface area contributed by atoms with Crippen LogP contribution in [0.25, 0.3) is 0 Å². The fourth-order valence-corrected chi connectivity index (χ4v) is 1.15. The van der Waals surface area contributed by atoms with Gasteiger partial charge in [-0.05, 0) is 17.5 Å². The maximum Gasteiger partial charge on any atom is 0.0392 e. The van der Waals surface area contributed by atoms with Crippen LogP contribution in [0.5, 0.6) is 0 Å². The van der Waals surface area contributed by atoms with E-state index in [1.165, 1.54) is 5.56 Å². The molecule has 1 rings (SSSR count). The molecule has 0 aliphatic rings. The van der Waals surface area contributed by atoms with Gasteiger partial charge >= 0.3 is 0 Å². The first-order valence-corrected chi connectivity index (χ1v) is 3.86. The van der Waals surface area contributed by atoms with Gasteiger partial charge in [-0.25, -0.2) is 0 Å². The zero-order chi connectivity index (χ0) is 8.27. The summed E-state index contributed by atoms with van der Waals surface area (Å²) in [6, 6.07) is 6.00. The third-order valence-electron chi connectivity index (χ3n) is 1.89. The molecule has 0 fully saturated rings. The standard InChI is InChI=1S/C9H14N2/c1-2-7-4-3-5-8(6-10)9(7)11/h3-5H,2,6,10-11H2,1H3. The summed E-state index contributed by atoms with van der Waals surface area (Å²) in [6.07, 6.45) is 0.972. The molecular formula is C9H14N2. The van der Waals surface area contributed by atoms with Crippen molar-refractivity contribution in [3.63, 3.8) is 0 Å². The zero-order valence-corrected chi connectivity index (χ0v) is 6.80. The van der Waals surface area contributed by atoms with Crippen molar-refractivity contribution in [2.45, 2.75) is 19.9 Å². The Morgan fingerprint density at radius 1 is 1.27 bits per heavy atom. The van der Waals surface area contributed by atoms with Crippen LogP contribution in [-0.4, -0.2) is 0 Å². The Morgan fingerprint density at radius 3 is 2.45 bits per heavy atom. The molecule has 0 saturated heterocycles. The highest BCUT2D eigenvalue weighted by molar-refractivity contribution is 5.53. The Balaban J connectivity index is 3.10. The van der Waals surface area contributed by atoms with Crippen molar-refractivity contribution >= 4 is 5.69 Å². The van der Waals surface area contributed by atoms with Gasteiger partial charge in [0.25, 0.3) is 0 Å². The lowest BCUT2D eigenvalue weighted by molar-refractivity contribution is 1.05. The van der Waals surface area contributed by atoms with E-state index in [0.29, 0.717) is 6.54 Å². The van der Waals surface area contributed by atoms with Crippen LogP contribution in [-0.2, 0) is 13.0 Å². The molecule has 0 aromatic heterocycles. The van der Waals surface area contributed by atoms with Crippen LogP contribution in [0, 0.1) is 0 Å². The summed E-state index contributed by atoms with van der Waals surface area (Å²) in [4.78, 5) is 0. The molecule has 0 amide bonds. The Bertz CT molecular complexity index is 221. The van der Waals surface area contributed by atoms with Crippen LogP contribution >= 0.6 is 0 Å². The van der Waals surface area contributed by atoms with E-state index in [0.717, 1.165) is 17.7 Å². The van der Waals surface area contributed by atoms with Gasteiger partial charge in [-0.3, -0.25) is 0 Å². The topological polar surface area (TPSA) is 52.0 Å². The summed E-state index contributed by atoms with van der Waals surface area (Å²) in [5, 5.41) is 0. The van der Waals surface area contributed by atoms with E-state index < -0.39 is 0 Å². The zero-order valence-electron chi connectivity index (χ0n) is 6.80. The highest BCUT2D eigenvalue weighted by Crippen LogP contribution is 2.16. The van der Waals surface area contributed by atoms with E-state index >= 15 is 0 Å². The number of nitrogens with two attached hydrogens (primary N) is 2. The van der Waals surface area contributed by atoms with Crippen molar-refractivity contribution in [2.24, 2.45) is 5.73 Å². The van der Waals surface area contributed by atoms with E-state index in [9.17, 15) is 0 Å². The van der Waals surface area contributed by atoms with Gasteiger partial charge in [-0.15, -0.1) is 0 Å². The minimum absolute atomic E-state index is 0.527. The van der Waals surface area contributed by atoms with Gasteiger partial charge < -0.3 is 11.5 Å². The maximum atomic E-state index is 5.82. The molecule has 2 heteroatoms. The van der Waals surface area contributed by atoms with Crippen LogP contribution in [0.15, 0.2) is 18.2 Å². The van der Waals surface area contributed by atoms with Crippen molar-refractivity contribution in [3.8, 4) is 0 Å². The summed E-state index contributed by atoms with van der Waals surface area (Å²) in [7, 11) is 0. The van der Waals surface area contributed by atoms with Crippen molar-refractivity contribution in [1.29, 1.82) is 0 Å². The first-order chi connectivity index (χ1) is 5.29. The monoisotopic (exact) mass is 150 g/mol. The largest absolute Gasteiger partial charge is 0.398 e. The minimum atomic E-state index is 0.527. The Morgan fingerprint density at radius 2 is 1.91 bits per heavy atom. The van der Waals surface area contributed by atoms with E-state index in [-0.39, 0.29) is 0 Å². The van der Waals surface area contributed by atoms with Crippen molar-refractivity contribution in [3.05, 3.63) is 29.3 Å². The molecule has 1 aromatic rings. The Labute approximate surface area is 67.2 Å². The second-order valence-corrected chi connectivity index (χ2v) is 2.55. The minimum Gasteiger partial charge on any atom is -0.398 e. The third kappa shape index (κ3) is 1.52. The van der Waals surface area contributed by atoms with Crippen molar-refractivity contribution in [2.75, 3.05) is 5.73 Å². The first-order valence-electron chi connectivity index (χ1n) is 3.86. The van der Waals surface area contributed by atoms with Crippen LogP contribution in [0.1, 0.15) is 18.1 Å². The summed E-state index contributed by atoms with van der Waals surface area (Å²) >= 11 is 0. The number of aryl methyl sites for hydroxylation is 1. The molecule has 0 saturated carbocycles. The summed E-state index contributed by atoms with van der Waals surface area (Å²) < 4.78 is 0. The predicted molar refractivity (Wildman–Crippen MR) is 48.1 cm³/mol. The quantitative estimate of drug-likeness (QED) is 0.624. The molecule has 0 radical (unpaired) electrons. The van der Waals surface area contributed by atoms with Gasteiger partial charge in [-0.1, -0.05) is 25.1 Å². The third-order valence-corrected chi connectivity index (χ3v) is 1.89. The number of nitrogen functional groups attached to an aromatic ring is 1. The van der Waals surface area contributed by atoms with Crippen molar-refractivity contribution < 1.29 is 0 Å². The highest BCUT2D eigenvalue weighted by atomic mass is 14.6. The lowest BCUT2D eigenvalue weighted by atomic mass is 10.1. The lowest BCUT2D eigenvalue weighted by Crippen LogP contribution is -2.03. The number of hydrogen-bond acceptors (Lipinski definition) is 2. The lowest BCUT2D eigenvalue weighted by Gasteiger charge is -2.06. The van der Waals surface area contributed by atoms with E-state index in [2.05, 4.69) is 6.92 Å². The smallest absolute Gasteiger partial charge is 0.0392 e. The molecule has 11 heavy (non-hydrogen) atoms. The van der Waals surface area contributed by atoms with Gasteiger partial charge in [-0.2, -0.15) is 0 Å². The van der Waals surface area contributed by atoms with Crippen molar-refractivity contribution in [1.82, 2.24) is 0 Å². The summed E-state index contributed by atoms with van der Waals surface area (Å²) in [5.41, 5.74) is 14.4. The van der Waals surface area contributed by atoms with Crippen LogP contribution < -0.4 is 11.5 Å². The molecule has 0 heterocycles. The molecule has 0 bridgehead atoms. The molecule has 0 aliphatic heterocycles. The fraction of sp³-hybridized carbons (Fsp3) is 0.333. The maximum absolute atomic E-state index is 5.82. The molecule has 4 N–H and O–H groups in total. The first kappa shape index (κ1) is 8.08. The average molecular weight is 150 g/mol. The number of hydrogen-bond donors (Lipinski definition) is 2. The van der Waals surface area contributed by atoms with E-state index in [4.69, 9.17) is 11.5 Å². The molecule has 0 spiro atoms. The molecular weight excluding hydrogens is 136 g/mol. The van der Waals surface area contributed by atoms with Crippen LogP contribution in [0.4, 0.5) is 5.69 Å². The van der Waals surface area contributed by atoms with Crippen LogP contribution in [0.2, 0.25) is 0 Å². The van der Waals surface area contributed by atoms with Gasteiger partial charge in [0, 0.05) is 12.2 Å².